The largest absolute Gasteiger partial charge is 0.493 e. The molecule has 0 bridgehead atoms. The number of hydrogen-bond donors (Lipinski definition) is 0. The van der Waals surface area contributed by atoms with Crippen molar-refractivity contribution in [1.29, 1.82) is 0 Å². The quantitative estimate of drug-likeness (QED) is 0.283. The van der Waals surface area contributed by atoms with Gasteiger partial charge < -0.3 is 9.47 Å². The minimum Gasteiger partial charge on any atom is -0.493 e. The highest BCUT2D eigenvalue weighted by molar-refractivity contribution is 6.33. The van der Waals surface area contributed by atoms with E-state index in [1.807, 2.05) is 18.2 Å². The molecule has 3 aromatic rings. The first kappa shape index (κ1) is 22.2. The number of benzene rings is 3. The molecule has 0 N–H and O–H groups in total. The Balaban J connectivity index is 1.64. The van der Waals surface area contributed by atoms with Crippen LogP contribution in [0.25, 0.3) is 6.08 Å². The monoisotopic (exact) mass is 464 g/mol. The molecule has 4 rings (SSSR count). The number of esters is 1. The molecule has 166 valence electrons. The van der Waals surface area contributed by atoms with Crippen molar-refractivity contribution in [1.82, 2.24) is 0 Å². The first-order valence-electron chi connectivity index (χ1n) is 9.90. The Labute approximate surface area is 194 Å². The predicted molar refractivity (Wildman–Crippen MR) is 124 cm³/mol. The number of hydrogen-bond acceptors (Lipinski definition) is 5. The predicted octanol–water partition coefficient (Wildman–Crippen LogP) is 5.51. The lowest BCUT2D eigenvalue weighted by Gasteiger charge is -2.13. The zero-order valence-corrected chi connectivity index (χ0v) is 18.5. The number of rotatable bonds is 5. The number of anilines is 1. The molecule has 1 aliphatic rings. The molecule has 0 aromatic heterocycles. The molecule has 3 aromatic carbocycles. The van der Waals surface area contributed by atoms with Gasteiger partial charge in [0.15, 0.2) is 11.5 Å². The SMILES string of the molecule is COc1cc(C=C2C(=O)N(c3ccccc3)N=C2C)cc(Cl)c1OC(=O)c1ccccc1F. The fourth-order valence-corrected chi connectivity index (χ4v) is 3.55. The Kier molecular flexibility index (Phi) is 6.24. The Bertz CT molecular complexity index is 1310. The number of para-hydroxylation sites is 1. The molecule has 0 saturated heterocycles. The van der Waals surface area contributed by atoms with Gasteiger partial charge in [0.05, 0.1) is 34.7 Å². The van der Waals surface area contributed by atoms with E-state index < -0.39 is 11.8 Å². The van der Waals surface area contributed by atoms with Gasteiger partial charge in [0.25, 0.3) is 5.91 Å². The molecule has 6 nitrogen and oxygen atoms in total. The summed E-state index contributed by atoms with van der Waals surface area (Å²) in [6.45, 7) is 1.73. The van der Waals surface area contributed by atoms with Gasteiger partial charge in [-0.1, -0.05) is 41.9 Å². The average Bonchev–Trinajstić information content (AvgIpc) is 3.09. The van der Waals surface area contributed by atoms with Crippen LogP contribution in [0, 0.1) is 5.82 Å². The van der Waals surface area contributed by atoms with E-state index in [0.29, 0.717) is 22.5 Å². The van der Waals surface area contributed by atoms with Gasteiger partial charge in [-0.2, -0.15) is 10.1 Å². The molecule has 1 amide bonds. The molecule has 33 heavy (non-hydrogen) atoms. The van der Waals surface area contributed by atoms with Crippen LogP contribution in [-0.2, 0) is 4.79 Å². The Hall–Kier alpha value is -3.97. The summed E-state index contributed by atoms with van der Waals surface area (Å²) in [6.07, 6.45) is 1.63. The summed E-state index contributed by atoms with van der Waals surface area (Å²) in [5.41, 5.74) is 1.87. The van der Waals surface area contributed by atoms with Crippen molar-refractivity contribution >= 4 is 41.0 Å². The Morgan fingerprint density at radius 3 is 2.48 bits per heavy atom. The summed E-state index contributed by atoms with van der Waals surface area (Å²) in [5.74, 6) is -1.81. The van der Waals surface area contributed by atoms with Crippen molar-refractivity contribution in [3.63, 3.8) is 0 Å². The second-order valence-corrected chi connectivity index (χ2v) is 7.51. The minimum absolute atomic E-state index is 0.0522. The molecule has 0 aliphatic carbocycles. The van der Waals surface area contributed by atoms with E-state index in [9.17, 15) is 14.0 Å². The maximum Gasteiger partial charge on any atom is 0.346 e. The van der Waals surface area contributed by atoms with Gasteiger partial charge in [0, 0.05) is 0 Å². The van der Waals surface area contributed by atoms with Crippen LogP contribution in [0.2, 0.25) is 5.02 Å². The number of methoxy groups -OCH3 is 1. The van der Waals surface area contributed by atoms with Crippen molar-refractivity contribution < 1.29 is 23.5 Å². The van der Waals surface area contributed by atoms with Crippen LogP contribution in [0.5, 0.6) is 11.5 Å². The first-order valence-corrected chi connectivity index (χ1v) is 10.3. The van der Waals surface area contributed by atoms with Gasteiger partial charge in [0.2, 0.25) is 0 Å². The lowest BCUT2D eigenvalue weighted by molar-refractivity contribution is -0.114. The molecule has 0 fully saturated rings. The van der Waals surface area contributed by atoms with Crippen LogP contribution >= 0.6 is 11.6 Å². The Morgan fingerprint density at radius 2 is 1.79 bits per heavy atom. The summed E-state index contributed by atoms with van der Waals surface area (Å²) >= 11 is 6.36. The molecule has 1 aliphatic heterocycles. The molecule has 0 unspecified atom stereocenters. The van der Waals surface area contributed by atoms with Crippen LogP contribution in [0.1, 0.15) is 22.8 Å². The van der Waals surface area contributed by atoms with Gasteiger partial charge >= 0.3 is 5.97 Å². The zero-order valence-electron chi connectivity index (χ0n) is 17.7. The van der Waals surface area contributed by atoms with E-state index >= 15 is 0 Å². The summed E-state index contributed by atoms with van der Waals surface area (Å²) in [6, 6.07) is 17.6. The second-order valence-electron chi connectivity index (χ2n) is 7.10. The molecule has 8 heteroatoms. The maximum absolute atomic E-state index is 13.9. The summed E-state index contributed by atoms with van der Waals surface area (Å²) in [7, 11) is 1.38. The fraction of sp³-hybridized carbons (Fsp3) is 0.0800. The van der Waals surface area contributed by atoms with Gasteiger partial charge in [-0.25, -0.2) is 9.18 Å². The summed E-state index contributed by atoms with van der Waals surface area (Å²) in [4.78, 5) is 25.4. The van der Waals surface area contributed by atoms with Crippen LogP contribution in [0.4, 0.5) is 10.1 Å². The average molecular weight is 465 g/mol. The smallest absolute Gasteiger partial charge is 0.346 e. The van der Waals surface area contributed by atoms with Crippen LogP contribution in [0.3, 0.4) is 0 Å². The van der Waals surface area contributed by atoms with E-state index in [1.54, 1.807) is 31.2 Å². The normalized spacial score (nSPS) is 14.4. The minimum atomic E-state index is -0.910. The van der Waals surface area contributed by atoms with Crippen molar-refractivity contribution in [2.45, 2.75) is 6.92 Å². The number of ether oxygens (including phenoxy) is 2. The van der Waals surface area contributed by atoms with Crippen LogP contribution in [-0.4, -0.2) is 24.7 Å². The zero-order chi connectivity index (χ0) is 23.5. The van der Waals surface area contributed by atoms with Gasteiger partial charge in [0.1, 0.15) is 5.82 Å². The van der Waals surface area contributed by atoms with Crippen molar-refractivity contribution in [2.75, 3.05) is 12.1 Å². The van der Waals surface area contributed by atoms with Gasteiger partial charge in [-0.15, -0.1) is 0 Å². The highest BCUT2D eigenvalue weighted by Crippen LogP contribution is 2.38. The third kappa shape index (κ3) is 4.49. The van der Waals surface area contributed by atoms with E-state index in [-0.39, 0.29) is 28.0 Å². The molecule has 0 spiro atoms. The number of hydrazone groups is 1. The standard InChI is InChI=1S/C25H18ClFN2O4/c1-15-19(24(30)29(28-15)17-8-4-3-5-9-17)12-16-13-20(26)23(22(14-16)32-2)33-25(31)18-10-6-7-11-21(18)27/h3-14H,1-2H3. The highest BCUT2D eigenvalue weighted by atomic mass is 35.5. The van der Waals surface area contributed by atoms with Crippen molar-refractivity contribution in [2.24, 2.45) is 5.10 Å². The van der Waals surface area contributed by atoms with E-state index in [2.05, 4.69) is 5.10 Å². The number of carbonyl (C=O) groups is 2. The van der Waals surface area contributed by atoms with Crippen LogP contribution < -0.4 is 14.5 Å². The van der Waals surface area contributed by atoms with Gasteiger partial charge in [-0.05, 0) is 55.0 Å². The highest BCUT2D eigenvalue weighted by Gasteiger charge is 2.29. The molecule has 0 atom stereocenters. The number of amides is 1. The van der Waals surface area contributed by atoms with E-state index in [0.717, 1.165) is 6.07 Å². The van der Waals surface area contributed by atoms with Crippen molar-refractivity contribution in [3.8, 4) is 11.5 Å². The molecular formula is C25H18ClFN2O4. The van der Waals surface area contributed by atoms with E-state index in [4.69, 9.17) is 21.1 Å². The summed E-state index contributed by atoms with van der Waals surface area (Å²) < 4.78 is 24.6. The van der Waals surface area contributed by atoms with Crippen LogP contribution in [0.15, 0.2) is 77.4 Å². The first-order chi connectivity index (χ1) is 15.9. The van der Waals surface area contributed by atoms with Crippen molar-refractivity contribution in [3.05, 3.63) is 94.3 Å². The van der Waals surface area contributed by atoms with E-state index in [1.165, 1.54) is 36.4 Å². The third-order valence-electron chi connectivity index (χ3n) is 4.91. The number of halogens is 2. The molecule has 1 heterocycles. The number of nitrogens with zero attached hydrogens (tertiary/aromatic N) is 2. The maximum atomic E-state index is 13.9. The lowest BCUT2D eigenvalue weighted by atomic mass is 10.1. The Morgan fingerprint density at radius 1 is 1.09 bits per heavy atom. The van der Waals surface area contributed by atoms with Gasteiger partial charge in [-0.3, -0.25) is 4.79 Å². The number of carbonyl (C=O) groups excluding carboxylic acids is 2. The second kappa shape index (κ2) is 9.26. The molecular weight excluding hydrogens is 447 g/mol. The summed E-state index contributed by atoms with van der Waals surface area (Å²) in [5, 5.41) is 5.73. The fourth-order valence-electron chi connectivity index (χ4n) is 3.29. The molecule has 0 radical (unpaired) electrons. The third-order valence-corrected chi connectivity index (χ3v) is 5.20. The topological polar surface area (TPSA) is 68.2 Å². The molecule has 0 saturated carbocycles. The lowest BCUT2D eigenvalue weighted by Crippen LogP contribution is -2.21.